The lowest BCUT2D eigenvalue weighted by Crippen LogP contribution is -2.39. The minimum atomic E-state index is -0.502. The molecule has 1 saturated carbocycles. The first-order chi connectivity index (χ1) is 12.5. The third-order valence-electron chi connectivity index (χ3n) is 6.19. The summed E-state index contributed by atoms with van der Waals surface area (Å²) in [6.45, 7) is 2.06. The van der Waals surface area contributed by atoms with Crippen LogP contribution in [0, 0.1) is 23.7 Å². The first-order valence-electron chi connectivity index (χ1n) is 9.31. The second-order valence-corrected chi connectivity index (χ2v) is 7.59. The Morgan fingerprint density at radius 2 is 1.96 bits per heavy atom. The number of carbonyl (C=O) groups is 3. The zero-order valence-corrected chi connectivity index (χ0v) is 15.1. The molecule has 5 heteroatoms. The smallest absolute Gasteiger partial charge is 0.340 e. The summed E-state index contributed by atoms with van der Waals surface area (Å²) in [5, 5.41) is 0. The van der Waals surface area contributed by atoms with Crippen LogP contribution in [0.2, 0.25) is 0 Å². The average molecular weight is 353 g/mol. The number of nitrogens with zero attached hydrogens (tertiary/aromatic N) is 1. The van der Waals surface area contributed by atoms with E-state index in [0.717, 1.165) is 19.3 Å². The van der Waals surface area contributed by atoms with Crippen LogP contribution in [0.15, 0.2) is 30.0 Å². The normalized spacial score (nSPS) is 29.8. The highest BCUT2D eigenvalue weighted by atomic mass is 16.5. The number of aromatic nitrogens is 1. The summed E-state index contributed by atoms with van der Waals surface area (Å²) in [4.78, 5) is 38.0. The summed E-state index contributed by atoms with van der Waals surface area (Å²) in [5.74, 6) is -0.210. The van der Waals surface area contributed by atoms with Crippen molar-refractivity contribution in [3.8, 4) is 0 Å². The number of hydrogen-bond donors (Lipinski definition) is 0. The van der Waals surface area contributed by atoms with Crippen molar-refractivity contribution in [3.63, 3.8) is 0 Å². The Bertz CT molecular complexity index is 844. The van der Waals surface area contributed by atoms with E-state index in [0.29, 0.717) is 23.1 Å². The molecule has 1 fully saturated rings. The van der Waals surface area contributed by atoms with Gasteiger partial charge in [0, 0.05) is 12.1 Å². The molecule has 0 saturated heterocycles. The molecule has 4 atom stereocenters. The molecule has 0 amide bonds. The number of ether oxygens (including phenoxy) is 1. The number of fused-ring (bicyclic) bond motifs is 2. The number of carbonyl (C=O) groups excluding carboxylic acids is 3. The van der Waals surface area contributed by atoms with Crippen LogP contribution in [0.4, 0.5) is 0 Å². The van der Waals surface area contributed by atoms with E-state index in [1.165, 1.54) is 24.3 Å². The van der Waals surface area contributed by atoms with Gasteiger partial charge in [0.2, 0.25) is 0 Å². The molecule has 2 aliphatic carbocycles. The van der Waals surface area contributed by atoms with Gasteiger partial charge in [-0.05, 0) is 42.7 Å². The van der Waals surface area contributed by atoms with E-state index < -0.39 is 5.97 Å². The Hall–Kier alpha value is -2.43. The molecule has 0 N–H and O–H groups in total. The fourth-order valence-electron chi connectivity index (χ4n) is 4.87. The van der Waals surface area contributed by atoms with Crippen molar-refractivity contribution < 1.29 is 19.1 Å². The van der Waals surface area contributed by atoms with Crippen LogP contribution in [0.1, 0.15) is 53.5 Å². The molecule has 1 aromatic heterocycles. The van der Waals surface area contributed by atoms with Crippen LogP contribution >= 0.6 is 0 Å². The summed E-state index contributed by atoms with van der Waals surface area (Å²) in [6, 6.07) is 1.56. The number of methoxy groups -OCH3 is 1. The van der Waals surface area contributed by atoms with Gasteiger partial charge in [-0.1, -0.05) is 31.9 Å². The molecule has 0 radical (unpaired) electrons. The minimum absolute atomic E-state index is 0.0803. The molecule has 0 spiro atoms. The van der Waals surface area contributed by atoms with E-state index in [1.54, 1.807) is 12.1 Å². The predicted octanol–water partition coefficient (Wildman–Crippen LogP) is 3.51. The van der Waals surface area contributed by atoms with E-state index in [9.17, 15) is 14.4 Å². The number of allylic oxidation sites excluding steroid dienone is 3. The Morgan fingerprint density at radius 3 is 2.73 bits per heavy atom. The molecule has 2 heterocycles. The summed E-state index contributed by atoms with van der Waals surface area (Å²) >= 11 is 0. The van der Waals surface area contributed by atoms with E-state index in [1.807, 2.05) is 0 Å². The van der Waals surface area contributed by atoms with Gasteiger partial charge in [-0.2, -0.15) is 0 Å². The van der Waals surface area contributed by atoms with Crippen molar-refractivity contribution in [1.29, 1.82) is 0 Å². The standard InChI is InChI=1S/C21H23NO4/c1-12-7-8-13-5-3-4-6-14(13)18(12)19(23)16-11-17-15(21(25)26-2)9-10-22(17)20(16)24/h7-14,18H,3-6H2,1-2H3/t12-,13+,14-,18?/m0/s1. The zero-order chi connectivity index (χ0) is 18.4. The second kappa shape index (κ2) is 6.38. The van der Waals surface area contributed by atoms with Crippen LogP contribution < -0.4 is 0 Å². The number of rotatable bonds is 3. The Labute approximate surface area is 152 Å². The lowest BCUT2D eigenvalue weighted by Gasteiger charge is -2.40. The van der Waals surface area contributed by atoms with Crippen LogP contribution in [-0.4, -0.2) is 29.3 Å². The van der Waals surface area contributed by atoms with Crippen LogP contribution in [0.25, 0.3) is 6.08 Å². The molecule has 1 unspecified atom stereocenters. The molecular formula is C21H23NO4. The molecule has 1 aromatic rings. The summed E-state index contributed by atoms with van der Waals surface area (Å²) < 4.78 is 6.14. The van der Waals surface area contributed by atoms with Crippen molar-refractivity contribution in [2.75, 3.05) is 7.11 Å². The maximum Gasteiger partial charge on any atom is 0.340 e. The SMILES string of the molecule is COC(=O)c1ccn2c1C=C(C(=O)C1[C@H]3CCCC[C@@H]3C=C[C@@H]1C)C2=O. The minimum Gasteiger partial charge on any atom is -0.465 e. The van der Waals surface area contributed by atoms with Crippen molar-refractivity contribution in [2.45, 2.75) is 32.6 Å². The first kappa shape index (κ1) is 17.0. The van der Waals surface area contributed by atoms with Gasteiger partial charge in [0.15, 0.2) is 5.78 Å². The fourth-order valence-corrected chi connectivity index (χ4v) is 4.87. The van der Waals surface area contributed by atoms with Gasteiger partial charge in [0.25, 0.3) is 5.91 Å². The number of Topliss-reactive ketones (excluding diaryl/α,β-unsaturated/α-hetero) is 1. The second-order valence-electron chi connectivity index (χ2n) is 7.59. The van der Waals surface area contributed by atoms with Crippen molar-refractivity contribution in [2.24, 2.45) is 23.7 Å². The number of esters is 1. The molecule has 0 bridgehead atoms. The highest BCUT2D eigenvalue weighted by molar-refractivity contribution is 6.27. The van der Waals surface area contributed by atoms with Crippen LogP contribution in [-0.2, 0) is 9.53 Å². The van der Waals surface area contributed by atoms with Crippen LogP contribution in [0.3, 0.4) is 0 Å². The molecule has 0 aromatic carbocycles. The lowest BCUT2D eigenvalue weighted by molar-refractivity contribution is -0.123. The molecule has 1 aliphatic heterocycles. The maximum atomic E-state index is 13.3. The highest BCUT2D eigenvalue weighted by Crippen LogP contribution is 2.44. The molecule has 4 rings (SSSR count). The van der Waals surface area contributed by atoms with Crippen molar-refractivity contribution in [1.82, 2.24) is 4.57 Å². The van der Waals surface area contributed by atoms with Gasteiger partial charge in [0.1, 0.15) is 0 Å². The quantitative estimate of drug-likeness (QED) is 0.474. The Kier molecular flexibility index (Phi) is 4.17. The van der Waals surface area contributed by atoms with Crippen molar-refractivity contribution >= 4 is 23.7 Å². The van der Waals surface area contributed by atoms with E-state index in [4.69, 9.17) is 4.74 Å². The Morgan fingerprint density at radius 1 is 1.19 bits per heavy atom. The number of ketones is 1. The molecule has 26 heavy (non-hydrogen) atoms. The maximum absolute atomic E-state index is 13.3. The van der Waals surface area contributed by atoms with Gasteiger partial charge in [-0.15, -0.1) is 0 Å². The summed E-state index contributed by atoms with van der Waals surface area (Å²) in [7, 11) is 1.30. The van der Waals surface area contributed by atoms with Crippen LogP contribution in [0.5, 0.6) is 0 Å². The van der Waals surface area contributed by atoms with Gasteiger partial charge in [-0.25, -0.2) is 4.79 Å². The fraction of sp³-hybridized carbons (Fsp3) is 0.476. The summed E-state index contributed by atoms with van der Waals surface area (Å²) in [5.41, 5.74) is 0.961. The lowest BCUT2D eigenvalue weighted by atomic mass is 9.63. The van der Waals surface area contributed by atoms with Gasteiger partial charge < -0.3 is 4.74 Å². The van der Waals surface area contributed by atoms with Crippen molar-refractivity contribution in [3.05, 3.63) is 41.2 Å². The highest BCUT2D eigenvalue weighted by Gasteiger charge is 2.43. The zero-order valence-electron chi connectivity index (χ0n) is 15.1. The molecule has 3 aliphatic rings. The molecular weight excluding hydrogens is 330 g/mol. The average Bonchev–Trinajstić information content (AvgIpc) is 3.21. The van der Waals surface area contributed by atoms with E-state index >= 15 is 0 Å². The number of hydrogen-bond acceptors (Lipinski definition) is 4. The largest absolute Gasteiger partial charge is 0.465 e. The van der Waals surface area contributed by atoms with Gasteiger partial charge in [0.05, 0.1) is 23.9 Å². The first-order valence-corrected chi connectivity index (χ1v) is 9.31. The molecule has 5 nitrogen and oxygen atoms in total. The third-order valence-corrected chi connectivity index (χ3v) is 6.19. The third kappa shape index (κ3) is 2.49. The topological polar surface area (TPSA) is 65.4 Å². The molecule has 136 valence electrons. The van der Waals surface area contributed by atoms with E-state index in [2.05, 4.69) is 19.1 Å². The summed E-state index contributed by atoms with van der Waals surface area (Å²) in [6.07, 6.45) is 12.0. The van der Waals surface area contributed by atoms with E-state index in [-0.39, 0.29) is 29.1 Å². The van der Waals surface area contributed by atoms with Gasteiger partial charge in [-0.3, -0.25) is 14.2 Å². The van der Waals surface area contributed by atoms with Gasteiger partial charge >= 0.3 is 5.97 Å². The predicted molar refractivity (Wildman–Crippen MR) is 96.6 cm³/mol. The monoisotopic (exact) mass is 353 g/mol. The Balaban J connectivity index is 1.68.